The molecule has 0 spiro atoms. The third kappa shape index (κ3) is 7.54. The van der Waals surface area contributed by atoms with Crippen molar-refractivity contribution in [1.82, 2.24) is 10.3 Å². The maximum atomic E-state index is 11.4. The predicted octanol–water partition coefficient (Wildman–Crippen LogP) is -0.528. The zero-order chi connectivity index (χ0) is 15.9. The van der Waals surface area contributed by atoms with E-state index in [4.69, 9.17) is 30.4 Å². The maximum absolute atomic E-state index is 11.4. The van der Waals surface area contributed by atoms with Crippen molar-refractivity contribution in [2.75, 3.05) is 19.6 Å². The van der Waals surface area contributed by atoms with Gasteiger partial charge in [-0.1, -0.05) is 0 Å². The highest BCUT2D eigenvalue weighted by atomic mass is 16.6. The monoisotopic (exact) mass is 291 g/mol. The van der Waals surface area contributed by atoms with Gasteiger partial charge < -0.3 is 19.8 Å². The Morgan fingerprint density at radius 1 is 1.25 bits per heavy atom. The molecule has 20 heavy (non-hydrogen) atoms. The van der Waals surface area contributed by atoms with Gasteiger partial charge in [-0.25, -0.2) is 14.4 Å². The van der Waals surface area contributed by atoms with Gasteiger partial charge in [0.25, 0.3) is 0 Å². The number of ether oxygens (including phenoxy) is 1. The van der Waals surface area contributed by atoms with E-state index < -0.39 is 17.5 Å². The van der Waals surface area contributed by atoms with Crippen LogP contribution in [0.15, 0.2) is 0 Å². The molecular weight excluding hydrogens is 270 g/mol. The number of hydrogen-bond donors (Lipinski definition) is 4. The zero-order valence-electron chi connectivity index (χ0n) is 11.8. The lowest BCUT2D eigenvalue weighted by Crippen LogP contribution is -2.55. The number of aliphatic carboxylic acids is 2. The van der Waals surface area contributed by atoms with E-state index in [0.717, 1.165) is 19.6 Å². The Bertz CT molecular complexity index is 348. The van der Waals surface area contributed by atoms with Crippen LogP contribution in [0.2, 0.25) is 0 Å². The summed E-state index contributed by atoms with van der Waals surface area (Å²) >= 11 is 0. The summed E-state index contributed by atoms with van der Waals surface area (Å²) in [4.78, 5) is 31.3. The van der Waals surface area contributed by atoms with Crippen molar-refractivity contribution in [2.24, 2.45) is 11.8 Å². The lowest BCUT2D eigenvalue weighted by Gasteiger charge is -2.39. The molecule has 0 aromatic rings. The number of hydrazine groups is 1. The normalized spacial score (nSPS) is 14.7. The molecule has 1 saturated heterocycles. The van der Waals surface area contributed by atoms with Crippen molar-refractivity contribution in [3.8, 4) is 0 Å². The van der Waals surface area contributed by atoms with E-state index in [-0.39, 0.29) is 6.09 Å². The van der Waals surface area contributed by atoms with Gasteiger partial charge in [0.05, 0.1) is 0 Å². The molecule has 9 heteroatoms. The fraction of sp³-hybridized carbons (Fsp3) is 0.727. The van der Waals surface area contributed by atoms with Crippen molar-refractivity contribution >= 4 is 18.0 Å². The minimum Gasteiger partial charge on any atom is -0.473 e. The van der Waals surface area contributed by atoms with Crippen LogP contribution in [0.5, 0.6) is 0 Å². The first-order chi connectivity index (χ1) is 9.06. The molecule has 0 saturated carbocycles. The van der Waals surface area contributed by atoms with Gasteiger partial charge in [0.2, 0.25) is 0 Å². The lowest BCUT2D eigenvalue weighted by atomic mass is 10.0. The Labute approximate surface area is 116 Å². The van der Waals surface area contributed by atoms with Crippen LogP contribution in [0.1, 0.15) is 20.8 Å². The molecule has 0 aliphatic carbocycles. The second kappa shape index (κ2) is 7.65. The highest BCUT2D eigenvalue weighted by Crippen LogP contribution is 2.18. The summed E-state index contributed by atoms with van der Waals surface area (Å²) in [5, 5.41) is 14.8. The summed E-state index contributed by atoms with van der Waals surface area (Å²) in [5.41, 5.74) is 2.19. The number of rotatable bonds is 2. The Balaban J connectivity index is 0.000000511. The summed E-state index contributed by atoms with van der Waals surface area (Å²) < 4.78 is 5.20. The van der Waals surface area contributed by atoms with Crippen molar-refractivity contribution in [3.05, 3.63) is 0 Å². The molecule has 0 atom stereocenters. The molecule has 9 nitrogen and oxygen atoms in total. The average Bonchev–Trinajstić information content (AvgIpc) is 2.20. The van der Waals surface area contributed by atoms with Crippen molar-refractivity contribution in [2.45, 2.75) is 26.4 Å². The molecule has 0 aromatic heterocycles. The number of nitrogens with zero attached hydrogens (tertiary/aromatic N) is 1. The largest absolute Gasteiger partial charge is 0.473 e. The molecule has 1 rings (SSSR count). The smallest absolute Gasteiger partial charge is 0.414 e. The number of likely N-dealkylation sites (tertiary alicyclic amines) is 1. The Hall–Kier alpha value is -1.87. The molecule has 0 unspecified atom stereocenters. The average molecular weight is 291 g/mol. The van der Waals surface area contributed by atoms with Gasteiger partial charge in [-0.15, -0.1) is 0 Å². The van der Waals surface area contributed by atoms with E-state index in [9.17, 15) is 4.79 Å². The van der Waals surface area contributed by atoms with E-state index in [1.807, 2.05) is 20.8 Å². The van der Waals surface area contributed by atoms with Crippen LogP contribution in [0.25, 0.3) is 0 Å². The molecule has 116 valence electrons. The van der Waals surface area contributed by atoms with Crippen molar-refractivity contribution < 1.29 is 29.3 Å². The van der Waals surface area contributed by atoms with E-state index >= 15 is 0 Å². The molecule has 1 aliphatic heterocycles. The number of carbonyl (C=O) groups excluding carboxylic acids is 1. The van der Waals surface area contributed by atoms with Gasteiger partial charge in [0.1, 0.15) is 5.60 Å². The quantitative estimate of drug-likeness (QED) is 0.302. The molecular formula is C11H21N3O6. The summed E-state index contributed by atoms with van der Waals surface area (Å²) in [6, 6.07) is 0. The SMILES string of the molecule is CC(C)(C)OC(=O)N1CC(CNN)C1.O=C(O)C(=O)O. The predicted molar refractivity (Wildman–Crippen MR) is 68.8 cm³/mol. The van der Waals surface area contributed by atoms with Gasteiger partial charge in [0, 0.05) is 25.6 Å². The minimum atomic E-state index is -1.82. The number of carboxylic acids is 2. The van der Waals surface area contributed by atoms with Gasteiger partial charge in [0.15, 0.2) is 0 Å². The van der Waals surface area contributed by atoms with E-state index in [1.165, 1.54) is 0 Å². The van der Waals surface area contributed by atoms with Crippen molar-refractivity contribution in [3.63, 3.8) is 0 Å². The van der Waals surface area contributed by atoms with Gasteiger partial charge >= 0.3 is 18.0 Å². The topological polar surface area (TPSA) is 142 Å². The fourth-order valence-corrected chi connectivity index (χ4v) is 1.34. The maximum Gasteiger partial charge on any atom is 0.414 e. The first-order valence-electron chi connectivity index (χ1n) is 5.94. The number of hydrogen-bond acceptors (Lipinski definition) is 6. The Morgan fingerprint density at radius 3 is 2.00 bits per heavy atom. The van der Waals surface area contributed by atoms with Crippen LogP contribution in [0.4, 0.5) is 4.79 Å². The van der Waals surface area contributed by atoms with Gasteiger partial charge in [-0.2, -0.15) is 0 Å². The first kappa shape index (κ1) is 18.1. The number of carbonyl (C=O) groups is 3. The number of nitrogens with one attached hydrogen (secondary N) is 1. The summed E-state index contributed by atoms with van der Waals surface area (Å²) in [7, 11) is 0. The highest BCUT2D eigenvalue weighted by Gasteiger charge is 2.32. The summed E-state index contributed by atoms with van der Waals surface area (Å²) in [6.45, 7) is 7.81. The molecule has 1 fully saturated rings. The number of carboxylic acid groups (broad SMARTS) is 2. The standard InChI is InChI=1S/C9H19N3O2.C2H2O4/c1-9(2,3)14-8(13)12-5-7(6-12)4-11-10;3-1(4)2(5)6/h7,11H,4-6,10H2,1-3H3;(H,3,4)(H,5,6). The van der Waals surface area contributed by atoms with E-state index in [2.05, 4.69) is 5.43 Å². The second-order valence-corrected chi connectivity index (χ2v) is 5.27. The van der Waals surface area contributed by atoms with Crippen LogP contribution in [-0.2, 0) is 14.3 Å². The minimum absolute atomic E-state index is 0.231. The molecule has 0 aromatic carbocycles. The highest BCUT2D eigenvalue weighted by molar-refractivity contribution is 6.27. The molecule has 5 N–H and O–H groups in total. The molecule has 1 heterocycles. The molecule has 0 bridgehead atoms. The van der Waals surface area contributed by atoms with Crippen LogP contribution in [0, 0.1) is 5.92 Å². The Kier molecular flexibility index (Phi) is 6.94. The molecule has 1 amide bonds. The van der Waals surface area contributed by atoms with Gasteiger partial charge in [-0.3, -0.25) is 11.3 Å². The van der Waals surface area contributed by atoms with Crippen molar-refractivity contribution in [1.29, 1.82) is 0 Å². The van der Waals surface area contributed by atoms with E-state index in [1.54, 1.807) is 4.90 Å². The van der Waals surface area contributed by atoms with Crippen LogP contribution < -0.4 is 11.3 Å². The molecule has 1 aliphatic rings. The van der Waals surface area contributed by atoms with Gasteiger partial charge in [-0.05, 0) is 20.8 Å². The zero-order valence-corrected chi connectivity index (χ0v) is 11.8. The number of amides is 1. The number of nitrogens with two attached hydrogens (primary N) is 1. The third-order valence-corrected chi connectivity index (χ3v) is 2.20. The third-order valence-electron chi connectivity index (χ3n) is 2.20. The van der Waals surface area contributed by atoms with Crippen LogP contribution in [-0.4, -0.2) is 58.4 Å². The van der Waals surface area contributed by atoms with Crippen LogP contribution >= 0.6 is 0 Å². The molecule has 0 radical (unpaired) electrons. The van der Waals surface area contributed by atoms with Crippen LogP contribution in [0.3, 0.4) is 0 Å². The summed E-state index contributed by atoms with van der Waals surface area (Å²) in [6.07, 6.45) is -0.231. The van der Waals surface area contributed by atoms with E-state index in [0.29, 0.717) is 5.92 Å². The fourth-order valence-electron chi connectivity index (χ4n) is 1.34. The second-order valence-electron chi connectivity index (χ2n) is 5.27. The Morgan fingerprint density at radius 2 is 1.70 bits per heavy atom. The lowest BCUT2D eigenvalue weighted by molar-refractivity contribution is -0.159. The first-order valence-corrected chi connectivity index (χ1v) is 5.94. The summed E-state index contributed by atoms with van der Waals surface area (Å²) in [5.74, 6) is 1.99.